The lowest BCUT2D eigenvalue weighted by atomic mass is 9.98. The zero-order valence-corrected chi connectivity index (χ0v) is 19.5. The topological polar surface area (TPSA) is 78.5 Å². The van der Waals surface area contributed by atoms with Gasteiger partial charge in [-0.05, 0) is 68.6 Å². The van der Waals surface area contributed by atoms with E-state index in [0.29, 0.717) is 24.4 Å². The summed E-state index contributed by atoms with van der Waals surface area (Å²) in [5.41, 5.74) is 1.81. The molecule has 30 heavy (non-hydrogen) atoms. The average molecular weight is 494 g/mol. The van der Waals surface area contributed by atoms with Gasteiger partial charge in [0.15, 0.2) is 0 Å². The molecule has 162 valence electrons. The third kappa shape index (κ3) is 6.91. The molecule has 1 heterocycles. The Hall–Kier alpha value is -1.74. The molecule has 0 bridgehead atoms. The van der Waals surface area contributed by atoms with Crippen molar-refractivity contribution in [2.45, 2.75) is 31.1 Å². The predicted molar refractivity (Wildman–Crippen MR) is 123 cm³/mol. The first kappa shape index (κ1) is 22.9. The molecule has 1 unspecified atom stereocenters. The van der Waals surface area contributed by atoms with Gasteiger partial charge in [0.25, 0.3) is 0 Å². The first-order valence-corrected chi connectivity index (χ1v) is 12.4. The molecule has 1 amide bonds. The van der Waals surface area contributed by atoms with E-state index in [1.807, 2.05) is 31.2 Å². The number of piperidine rings is 1. The van der Waals surface area contributed by atoms with E-state index < -0.39 is 10.0 Å². The highest BCUT2D eigenvalue weighted by Gasteiger charge is 2.23. The number of carbonyl (C=O) groups excluding carboxylic acids is 1. The molecule has 0 saturated carbocycles. The summed E-state index contributed by atoms with van der Waals surface area (Å²) in [6.45, 7) is 4.75. The van der Waals surface area contributed by atoms with Crippen molar-refractivity contribution in [1.29, 1.82) is 0 Å². The number of amides is 1. The van der Waals surface area contributed by atoms with Gasteiger partial charge in [-0.3, -0.25) is 4.79 Å². The molecular weight excluding hydrogens is 466 g/mol. The minimum Gasteiger partial charge on any atom is -0.326 e. The number of halogens is 1. The van der Waals surface area contributed by atoms with Gasteiger partial charge in [-0.1, -0.05) is 33.6 Å². The summed E-state index contributed by atoms with van der Waals surface area (Å²) in [4.78, 5) is 14.8. The number of aryl methyl sites for hydroxylation is 1. The van der Waals surface area contributed by atoms with E-state index in [1.165, 1.54) is 0 Å². The molecule has 0 radical (unpaired) electrons. The van der Waals surface area contributed by atoms with Crippen LogP contribution in [0.1, 0.15) is 24.8 Å². The number of hydrogen-bond acceptors (Lipinski definition) is 4. The summed E-state index contributed by atoms with van der Waals surface area (Å²) < 4.78 is 28.7. The highest BCUT2D eigenvalue weighted by Crippen LogP contribution is 2.18. The quantitative estimate of drug-likeness (QED) is 0.586. The SMILES string of the molecule is Cc1ccc(S(=O)(=O)NCC2CCCN(CCC(=O)Nc3ccc(Br)cc3)C2)cc1. The van der Waals surface area contributed by atoms with Crippen LogP contribution in [0.2, 0.25) is 0 Å². The summed E-state index contributed by atoms with van der Waals surface area (Å²) >= 11 is 3.38. The van der Waals surface area contributed by atoms with Crippen molar-refractivity contribution in [3.63, 3.8) is 0 Å². The number of hydrogen-bond donors (Lipinski definition) is 2. The Morgan fingerprint density at radius 1 is 1.13 bits per heavy atom. The molecule has 3 rings (SSSR count). The molecule has 1 fully saturated rings. The fourth-order valence-electron chi connectivity index (χ4n) is 3.57. The summed E-state index contributed by atoms with van der Waals surface area (Å²) in [6.07, 6.45) is 2.40. The molecule has 0 spiro atoms. The molecule has 8 heteroatoms. The first-order chi connectivity index (χ1) is 14.3. The third-order valence-electron chi connectivity index (χ3n) is 5.28. The smallest absolute Gasteiger partial charge is 0.240 e. The number of benzene rings is 2. The number of sulfonamides is 1. The van der Waals surface area contributed by atoms with Gasteiger partial charge in [-0.25, -0.2) is 13.1 Å². The van der Waals surface area contributed by atoms with Crippen LogP contribution in [-0.2, 0) is 14.8 Å². The van der Waals surface area contributed by atoms with Crippen LogP contribution in [-0.4, -0.2) is 45.4 Å². The summed E-state index contributed by atoms with van der Waals surface area (Å²) in [7, 11) is -3.49. The van der Waals surface area contributed by atoms with Gasteiger partial charge in [-0.2, -0.15) is 0 Å². The highest BCUT2D eigenvalue weighted by atomic mass is 79.9. The van der Waals surface area contributed by atoms with Crippen LogP contribution < -0.4 is 10.0 Å². The number of likely N-dealkylation sites (tertiary alicyclic amines) is 1. The Morgan fingerprint density at radius 2 is 1.83 bits per heavy atom. The molecule has 1 saturated heterocycles. The van der Waals surface area contributed by atoms with Gasteiger partial charge >= 0.3 is 0 Å². The van der Waals surface area contributed by atoms with Crippen molar-refractivity contribution in [3.8, 4) is 0 Å². The maximum atomic E-state index is 12.5. The zero-order valence-electron chi connectivity index (χ0n) is 17.1. The van der Waals surface area contributed by atoms with E-state index >= 15 is 0 Å². The van der Waals surface area contributed by atoms with Crippen LogP contribution in [0.5, 0.6) is 0 Å². The maximum absolute atomic E-state index is 12.5. The molecule has 2 aromatic carbocycles. The molecular formula is C22H28BrN3O3S. The largest absolute Gasteiger partial charge is 0.326 e. The lowest BCUT2D eigenvalue weighted by molar-refractivity contribution is -0.116. The van der Waals surface area contributed by atoms with E-state index in [1.54, 1.807) is 24.3 Å². The van der Waals surface area contributed by atoms with Gasteiger partial charge in [0, 0.05) is 36.2 Å². The second kappa shape index (κ2) is 10.5. The van der Waals surface area contributed by atoms with Crippen LogP contribution in [0, 0.1) is 12.8 Å². The van der Waals surface area contributed by atoms with Crippen molar-refractivity contribution in [2.75, 3.05) is 31.5 Å². The van der Waals surface area contributed by atoms with Gasteiger partial charge in [-0.15, -0.1) is 0 Å². The van der Waals surface area contributed by atoms with Gasteiger partial charge < -0.3 is 10.2 Å². The molecule has 6 nitrogen and oxygen atoms in total. The lowest BCUT2D eigenvalue weighted by Crippen LogP contribution is -2.41. The average Bonchev–Trinajstić information content (AvgIpc) is 2.73. The van der Waals surface area contributed by atoms with E-state index in [0.717, 1.165) is 41.7 Å². The predicted octanol–water partition coefficient (Wildman–Crippen LogP) is 3.78. The number of nitrogens with zero attached hydrogens (tertiary/aromatic N) is 1. The number of nitrogens with one attached hydrogen (secondary N) is 2. The Bertz CT molecular complexity index is 947. The van der Waals surface area contributed by atoms with E-state index in [4.69, 9.17) is 0 Å². The summed E-state index contributed by atoms with van der Waals surface area (Å²) in [5.74, 6) is 0.230. The Kier molecular flexibility index (Phi) is 8.05. The molecule has 1 aliphatic rings. The second-order valence-corrected chi connectivity index (χ2v) is 10.5. The van der Waals surface area contributed by atoms with Crippen molar-refractivity contribution in [1.82, 2.24) is 9.62 Å². The lowest BCUT2D eigenvalue weighted by Gasteiger charge is -2.32. The van der Waals surface area contributed by atoms with Crippen LogP contribution >= 0.6 is 15.9 Å². The number of rotatable bonds is 8. The van der Waals surface area contributed by atoms with E-state index in [-0.39, 0.29) is 11.8 Å². The number of anilines is 1. The Balaban J connectivity index is 1.44. The normalized spacial score (nSPS) is 17.6. The van der Waals surface area contributed by atoms with Crippen molar-refractivity contribution in [2.24, 2.45) is 5.92 Å². The second-order valence-electron chi connectivity index (χ2n) is 7.78. The zero-order chi connectivity index (χ0) is 21.6. The molecule has 2 aromatic rings. The molecule has 1 atom stereocenters. The van der Waals surface area contributed by atoms with Crippen molar-refractivity contribution < 1.29 is 13.2 Å². The molecule has 0 aromatic heterocycles. The fourth-order valence-corrected chi connectivity index (χ4v) is 4.95. The van der Waals surface area contributed by atoms with Crippen LogP contribution in [0.15, 0.2) is 57.9 Å². The standard InChI is InChI=1S/C22H28BrN3O3S/c1-17-4-10-21(11-5-17)30(28,29)24-15-18-3-2-13-26(16-18)14-12-22(27)25-20-8-6-19(23)7-9-20/h4-11,18,24H,2-3,12-16H2,1H3,(H,25,27). The molecule has 0 aliphatic carbocycles. The van der Waals surface area contributed by atoms with E-state index in [9.17, 15) is 13.2 Å². The third-order valence-corrected chi connectivity index (χ3v) is 7.25. The highest BCUT2D eigenvalue weighted by molar-refractivity contribution is 9.10. The van der Waals surface area contributed by atoms with E-state index in [2.05, 4.69) is 30.9 Å². The monoisotopic (exact) mass is 493 g/mol. The van der Waals surface area contributed by atoms with Crippen LogP contribution in [0.25, 0.3) is 0 Å². The van der Waals surface area contributed by atoms with Gasteiger partial charge in [0.1, 0.15) is 0 Å². The Labute approximate surface area is 187 Å². The molecule has 1 aliphatic heterocycles. The van der Waals surface area contributed by atoms with Crippen LogP contribution in [0.4, 0.5) is 5.69 Å². The van der Waals surface area contributed by atoms with Crippen LogP contribution in [0.3, 0.4) is 0 Å². The summed E-state index contributed by atoms with van der Waals surface area (Å²) in [5, 5.41) is 2.91. The Morgan fingerprint density at radius 3 is 2.53 bits per heavy atom. The maximum Gasteiger partial charge on any atom is 0.240 e. The summed E-state index contributed by atoms with van der Waals surface area (Å²) in [6, 6.07) is 14.4. The minimum absolute atomic E-state index is 0.0143. The first-order valence-electron chi connectivity index (χ1n) is 10.2. The van der Waals surface area contributed by atoms with Crippen molar-refractivity contribution in [3.05, 3.63) is 58.6 Å². The fraction of sp³-hybridized carbons (Fsp3) is 0.409. The molecule has 2 N–H and O–H groups in total. The van der Waals surface area contributed by atoms with Gasteiger partial charge in [0.2, 0.25) is 15.9 Å². The van der Waals surface area contributed by atoms with Crippen molar-refractivity contribution >= 4 is 37.5 Å². The van der Waals surface area contributed by atoms with Gasteiger partial charge in [0.05, 0.1) is 4.90 Å². The minimum atomic E-state index is -3.49. The number of carbonyl (C=O) groups is 1.